The molecule has 0 saturated heterocycles. The van der Waals surface area contributed by atoms with Crippen LogP contribution >= 0.6 is 0 Å². The van der Waals surface area contributed by atoms with Crippen LogP contribution in [0.2, 0.25) is 0 Å². The summed E-state index contributed by atoms with van der Waals surface area (Å²) in [5.74, 6) is 0.424. The largest absolute Gasteiger partial charge is 0.333 e. The number of rotatable bonds is 5. The van der Waals surface area contributed by atoms with Crippen LogP contribution in [-0.2, 0) is 23.1 Å². The van der Waals surface area contributed by atoms with E-state index in [1.165, 1.54) is 0 Å². The van der Waals surface area contributed by atoms with E-state index in [0.29, 0.717) is 16.3 Å². The molecule has 0 unspecified atom stereocenters. The van der Waals surface area contributed by atoms with E-state index in [9.17, 15) is 17.8 Å². The van der Waals surface area contributed by atoms with Gasteiger partial charge in [0.1, 0.15) is 0 Å². The Labute approximate surface area is 161 Å². The molecular formula is C17H22F2N6O2S. The predicted octanol–water partition coefficient (Wildman–Crippen LogP) is 2.33. The fourth-order valence-electron chi connectivity index (χ4n) is 3.59. The van der Waals surface area contributed by atoms with E-state index in [-0.39, 0.29) is 5.03 Å². The summed E-state index contributed by atoms with van der Waals surface area (Å²) in [6.45, 7) is -0.966. The number of halogens is 2. The van der Waals surface area contributed by atoms with E-state index in [1.54, 1.807) is 0 Å². The first-order chi connectivity index (χ1) is 13.3. The van der Waals surface area contributed by atoms with Gasteiger partial charge in [-0.25, -0.2) is 13.7 Å². The summed E-state index contributed by atoms with van der Waals surface area (Å²) in [5.41, 5.74) is 4.58. The number of aryl methyl sites for hydroxylation is 1. The zero-order chi connectivity index (χ0) is 20.1. The molecule has 2 aromatic rings. The van der Waals surface area contributed by atoms with E-state index in [4.69, 9.17) is 10.1 Å². The van der Waals surface area contributed by atoms with Gasteiger partial charge >= 0.3 is 12.6 Å². The summed E-state index contributed by atoms with van der Waals surface area (Å²) in [7, 11) is -3.95. The van der Waals surface area contributed by atoms with Crippen LogP contribution in [0.15, 0.2) is 17.3 Å². The molecule has 28 heavy (non-hydrogen) atoms. The highest BCUT2D eigenvalue weighted by molar-refractivity contribution is 7.99. The first-order valence-electron chi connectivity index (χ1n) is 9.10. The van der Waals surface area contributed by atoms with Crippen molar-refractivity contribution in [3.63, 3.8) is 0 Å². The number of nitrogens with two attached hydrogens (primary N) is 1. The number of hydrogen-bond donors (Lipinski definition) is 4. The highest BCUT2D eigenvalue weighted by Crippen LogP contribution is 2.44. The normalized spacial score (nSPS) is 16.9. The zero-order valence-corrected chi connectivity index (χ0v) is 16.2. The average molecular weight is 412 g/mol. The van der Waals surface area contributed by atoms with Gasteiger partial charge in [0, 0.05) is 33.8 Å². The molecule has 8 nitrogen and oxygen atoms in total. The second-order valence-corrected chi connectivity index (χ2v) is 9.20. The molecule has 11 heteroatoms. The highest BCUT2D eigenvalue weighted by Gasteiger charge is 2.31. The van der Waals surface area contributed by atoms with Crippen molar-refractivity contribution in [2.75, 3.05) is 5.32 Å². The van der Waals surface area contributed by atoms with E-state index < -0.39 is 22.9 Å². The smallest absolute Gasteiger partial charge is 0.307 e. The van der Waals surface area contributed by atoms with Crippen LogP contribution in [0.25, 0.3) is 0 Å². The van der Waals surface area contributed by atoms with Crippen LogP contribution in [0.5, 0.6) is 0 Å². The minimum atomic E-state index is -3.95. The Balaban J connectivity index is 1.56. The summed E-state index contributed by atoms with van der Waals surface area (Å²) >= 11 is 0. The van der Waals surface area contributed by atoms with Crippen molar-refractivity contribution in [3.8, 4) is 0 Å². The molecule has 0 spiro atoms. The Morgan fingerprint density at radius 3 is 2.79 bits per heavy atom. The molecule has 0 radical (unpaired) electrons. The van der Waals surface area contributed by atoms with Gasteiger partial charge in [-0.05, 0) is 56.2 Å². The molecule has 0 atom stereocenters. The standard InChI is InChI=1S/C17H22F2N6O2S/c1-9-14(10-5-6-10)21-12-4-2-3-11(12)15(9)22-17(26)24-28(20,27)13-7-8-25(23-13)16(18)19/h7-8,10,16,28H,2-6H2,1H3,(H4,20,21,22,24,26,27). The Kier molecular flexibility index (Phi) is 4.66. The van der Waals surface area contributed by atoms with Crippen molar-refractivity contribution in [2.45, 2.75) is 56.5 Å². The first kappa shape index (κ1) is 18.9. The van der Waals surface area contributed by atoms with Gasteiger partial charge < -0.3 is 5.32 Å². The number of hydrogen-bond acceptors (Lipinski definition) is 4. The van der Waals surface area contributed by atoms with Crippen LogP contribution in [0.4, 0.5) is 19.3 Å². The number of carbonyl (C=O) groups is 1. The van der Waals surface area contributed by atoms with Crippen LogP contribution in [-0.4, -0.2) is 25.0 Å². The molecule has 1 saturated carbocycles. The van der Waals surface area contributed by atoms with Gasteiger partial charge in [0.25, 0.3) is 0 Å². The summed E-state index contributed by atoms with van der Waals surface area (Å²) in [6.07, 6.45) is 5.77. The van der Waals surface area contributed by atoms with Crippen LogP contribution in [0.1, 0.15) is 54.2 Å². The van der Waals surface area contributed by atoms with E-state index in [0.717, 1.165) is 66.9 Å². The van der Waals surface area contributed by atoms with Crippen LogP contribution in [0.3, 0.4) is 0 Å². The molecule has 4 N–H and O–H groups in total. The minimum absolute atomic E-state index is 0.293. The summed E-state index contributed by atoms with van der Waals surface area (Å²) < 4.78 is 40.5. The maximum absolute atomic E-state index is 12.7. The van der Waals surface area contributed by atoms with Crippen molar-refractivity contribution >= 4 is 22.0 Å². The van der Waals surface area contributed by atoms with Gasteiger partial charge in [-0.3, -0.25) is 14.8 Å². The second kappa shape index (κ2) is 6.89. The van der Waals surface area contributed by atoms with Gasteiger partial charge in [0.2, 0.25) is 0 Å². The monoisotopic (exact) mass is 412 g/mol. The molecule has 0 bridgehead atoms. The molecule has 2 aromatic heterocycles. The number of alkyl halides is 2. The minimum Gasteiger partial charge on any atom is -0.307 e. The van der Waals surface area contributed by atoms with Crippen molar-refractivity contribution in [1.29, 1.82) is 0 Å². The SMILES string of the molecule is Cc1c(C2CC2)nc2c(c1NC(=O)N[SH](N)(=O)c1ccn(C(F)F)n1)CCC2. The summed E-state index contributed by atoms with van der Waals surface area (Å²) in [6, 6.07) is 0.343. The van der Waals surface area contributed by atoms with Crippen molar-refractivity contribution in [1.82, 2.24) is 19.5 Å². The quantitative estimate of drug-likeness (QED) is 0.564. The molecular weight excluding hydrogens is 390 g/mol. The van der Waals surface area contributed by atoms with Gasteiger partial charge in [-0.2, -0.15) is 13.9 Å². The van der Waals surface area contributed by atoms with Gasteiger partial charge in [-0.15, -0.1) is 0 Å². The van der Waals surface area contributed by atoms with Crippen LogP contribution in [0, 0.1) is 6.92 Å². The van der Waals surface area contributed by atoms with Crippen molar-refractivity contribution in [3.05, 3.63) is 34.8 Å². The number of pyridine rings is 1. The Morgan fingerprint density at radius 1 is 1.39 bits per heavy atom. The van der Waals surface area contributed by atoms with E-state index in [1.807, 2.05) is 6.92 Å². The number of fused-ring (bicyclic) bond motifs is 1. The van der Waals surface area contributed by atoms with Crippen molar-refractivity contribution in [2.24, 2.45) is 5.14 Å². The third kappa shape index (κ3) is 3.51. The molecule has 2 amide bonds. The molecule has 2 aliphatic rings. The number of aromatic nitrogens is 3. The number of carbonyl (C=O) groups excluding carboxylic acids is 1. The number of thiol groups is 1. The lowest BCUT2D eigenvalue weighted by molar-refractivity contribution is 0.0553. The Bertz CT molecular complexity index is 988. The van der Waals surface area contributed by atoms with Gasteiger partial charge in [0.15, 0.2) is 5.03 Å². The maximum Gasteiger partial charge on any atom is 0.333 e. The average Bonchev–Trinajstić information content (AvgIpc) is 3.14. The Hall–Kier alpha value is -2.40. The maximum atomic E-state index is 12.7. The highest BCUT2D eigenvalue weighted by atomic mass is 32.3. The van der Waals surface area contributed by atoms with E-state index in [2.05, 4.69) is 15.1 Å². The lowest BCUT2D eigenvalue weighted by Crippen LogP contribution is -2.45. The number of anilines is 1. The summed E-state index contributed by atoms with van der Waals surface area (Å²) in [4.78, 5) is 17.3. The second-order valence-electron chi connectivity index (χ2n) is 7.21. The zero-order valence-electron chi connectivity index (χ0n) is 15.3. The molecule has 1 fully saturated rings. The van der Waals surface area contributed by atoms with Gasteiger partial charge in [-0.1, -0.05) is 0 Å². The third-order valence-corrected chi connectivity index (χ3v) is 6.56. The molecule has 2 heterocycles. The summed E-state index contributed by atoms with van der Waals surface area (Å²) in [5, 5.41) is 11.7. The lowest BCUT2D eigenvalue weighted by atomic mass is 10.0. The number of amides is 2. The fraction of sp³-hybridized carbons (Fsp3) is 0.471. The molecule has 4 rings (SSSR count). The number of nitrogens with zero attached hydrogens (tertiary/aromatic N) is 3. The Morgan fingerprint density at radius 2 is 2.14 bits per heavy atom. The molecule has 0 aliphatic heterocycles. The topological polar surface area (TPSA) is 115 Å². The number of nitrogens with one attached hydrogen (secondary N) is 2. The van der Waals surface area contributed by atoms with E-state index >= 15 is 0 Å². The third-order valence-electron chi connectivity index (χ3n) is 5.11. The van der Waals surface area contributed by atoms with Crippen molar-refractivity contribution < 1.29 is 17.8 Å². The fourth-order valence-corrected chi connectivity index (χ4v) is 4.59. The first-order valence-corrected chi connectivity index (χ1v) is 10.9. The lowest BCUT2D eigenvalue weighted by Gasteiger charge is -2.21. The molecule has 0 aromatic carbocycles. The molecule has 2 aliphatic carbocycles. The molecule has 152 valence electrons. The van der Waals surface area contributed by atoms with Gasteiger partial charge in [0.05, 0.1) is 5.69 Å². The number of urea groups is 1. The predicted molar refractivity (Wildman–Crippen MR) is 101 cm³/mol. The van der Waals surface area contributed by atoms with Crippen LogP contribution < -0.4 is 15.2 Å².